The molecule has 0 aliphatic rings. The minimum absolute atomic E-state index is 0.109. The second-order valence-corrected chi connectivity index (χ2v) is 4.74. The minimum Gasteiger partial charge on any atom is -0.481 e. The zero-order chi connectivity index (χ0) is 12.8. The number of carbonyl (C=O) groups is 2. The van der Waals surface area contributed by atoms with Crippen molar-refractivity contribution in [2.75, 3.05) is 13.1 Å². The summed E-state index contributed by atoms with van der Waals surface area (Å²) < 4.78 is 0. The van der Waals surface area contributed by atoms with Gasteiger partial charge in [-0.25, -0.2) is 0 Å². The van der Waals surface area contributed by atoms with E-state index in [0.717, 1.165) is 12.8 Å². The van der Waals surface area contributed by atoms with Crippen molar-refractivity contribution >= 4 is 11.9 Å². The van der Waals surface area contributed by atoms with E-state index in [2.05, 4.69) is 5.32 Å². The van der Waals surface area contributed by atoms with E-state index in [1.165, 1.54) is 0 Å². The predicted octanol–water partition coefficient (Wildman–Crippen LogP) is 0.588. The maximum Gasteiger partial charge on any atom is 0.310 e. The molecule has 94 valence electrons. The number of hydrogen-bond donors (Lipinski definition) is 3. The van der Waals surface area contributed by atoms with Gasteiger partial charge in [-0.3, -0.25) is 9.59 Å². The second-order valence-electron chi connectivity index (χ2n) is 4.74. The highest BCUT2D eigenvalue weighted by Crippen LogP contribution is 2.14. The summed E-state index contributed by atoms with van der Waals surface area (Å²) in [5.41, 5.74) is 4.42. The van der Waals surface area contributed by atoms with Gasteiger partial charge in [-0.05, 0) is 33.2 Å². The van der Waals surface area contributed by atoms with Crippen LogP contribution in [0, 0.1) is 11.3 Å². The van der Waals surface area contributed by atoms with Crippen LogP contribution >= 0.6 is 0 Å². The molecule has 1 unspecified atom stereocenters. The summed E-state index contributed by atoms with van der Waals surface area (Å²) in [6.45, 7) is 5.70. The van der Waals surface area contributed by atoms with E-state index < -0.39 is 11.4 Å². The summed E-state index contributed by atoms with van der Waals surface area (Å²) in [6, 6.07) is 0. The number of carboxylic acids is 1. The van der Waals surface area contributed by atoms with Gasteiger partial charge in [-0.15, -0.1) is 0 Å². The average Bonchev–Trinajstić information content (AvgIpc) is 2.22. The number of aliphatic carboxylic acids is 1. The topological polar surface area (TPSA) is 92.4 Å². The van der Waals surface area contributed by atoms with Gasteiger partial charge in [-0.1, -0.05) is 6.92 Å². The molecule has 0 saturated carbocycles. The van der Waals surface area contributed by atoms with E-state index >= 15 is 0 Å². The number of carboxylic acid groups (broad SMARTS) is 1. The molecule has 0 aromatic carbocycles. The number of rotatable bonds is 7. The van der Waals surface area contributed by atoms with E-state index in [1.807, 2.05) is 6.92 Å². The molecule has 0 fully saturated rings. The Morgan fingerprint density at radius 3 is 2.44 bits per heavy atom. The van der Waals surface area contributed by atoms with Crippen LogP contribution in [0.4, 0.5) is 0 Å². The fraction of sp³-hybridized carbons (Fsp3) is 0.818. The molecule has 5 heteroatoms. The van der Waals surface area contributed by atoms with Crippen molar-refractivity contribution in [2.45, 2.75) is 33.6 Å². The number of nitrogens with two attached hydrogens (primary N) is 1. The lowest BCUT2D eigenvalue weighted by Crippen LogP contribution is -2.40. The molecule has 0 radical (unpaired) electrons. The van der Waals surface area contributed by atoms with Gasteiger partial charge in [0.2, 0.25) is 5.91 Å². The fourth-order valence-corrected chi connectivity index (χ4v) is 1.11. The number of carbonyl (C=O) groups excluding carboxylic acids is 1. The highest BCUT2D eigenvalue weighted by Gasteiger charge is 2.28. The Kier molecular flexibility index (Phi) is 6.03. The number of amides is 1. The van der Waals surface area contributed by atoms with Gasteiger partial charge in [0.15, 0.2) is 0 Å². The quantitative estimate of drug-likeness (QED) is 0.596. The summed E-state index contributed by atoms with van der Waals surface area (Å²) in [4.78, 5) is 22.4. The lowest BCUT2D eigenvalue weighted by atomic mass is 9.93. The predicted molar refractivity (Wildman–Crippen MR) is 61.9 cm³/mol. The summed E-state index contributed by atoms with van der Waals surface area (Å²) in [5, 5.41) is 11.5. The van der Waals surface area contributed by atoms with Gasteiger partial charge < -0.3 is 16.2 Å². The molecule has 0 spiro atoms. The Morgan fingerprint density at radius 2 is 2.00 bits per heavy atom. The van der Waals surface area contributed by atoms with Crippen LogP contribution in [0.25, 0.3) is 0 Å². The molecule has 0 saturated heterocycles. The Morgan fingerprint density at radius 1 is 1.44 bits per heavy atom. The molecule has 4 N–H and O–H groups in total. The molecule has 16 heavy (non-hydrogen) atoms. The maximum atomic E-state index is 11.6. The zero-order valence-electron chi connectivity index (χ0n) is 10.2. The van der Waals surface area contributed by atoms with Crippen LogP contribution < -0.4 is 11.1 Å². The van der Waals surface area contributed by atoms with Crippen LogP contribution in [-0.2, 0) is 9.59 Å². The molecule has 1 amide bonds. The lowest BCUT2D eigenvalue weighted by Gasteiger charge is -2.21. The third-order valence-corrected chi connectivity index (χ3v) is 2.57. The van der Waals surface area contributed by atoms with Gasteiger partial charge in [0.05, 0.1) is 5.41 Å². The normalized spacial score (nSPS) is 13.2. The van der Waals surface area contributed by atoms with Crippen LogP contribution in [0.15, 0.2) is 0 Å². The van der Waals surface area contributed by atoms with Crippen molar-refractivity contribution in [1.29, 1.82) is 0 Å². The van der Waals surface area contributed by atoms with Crippen molar-refractivity contribution < 1.29 is 14.7 Å². The van der Waals surface area contributed by atoms with Gasteiger partial charge in [0.1, 0.15) is 0 Å². The molecule has 0 rings (SSSR count). The molecule has 0 aliphatic carbocycles. The highest BCUT2D eigenvalue weighted by molar-refractivity contribution is 5.80. The van der Waals surface area contributed by atoms with Crippen LogP contribution in [0.2, 0.25) is 0 Å². The van der Waals surface area contributed by atoms with Crippen LogP contribution in [-0.4, -0.2) is 30.1 Å². The third-order valence-electron chi connectivity index (χ3n) is 2.57. The molecular formula is C11H22N2O3. The van der Waals surface area contributed by atoms with E-state index in [-0.39, 0.29) is 18.4 Å². The van der Waals surface area contributed by atoms with Gasteiger partial charge in [-0.2, -0.15) is 0 Å². The van der Waals surface area contributed by atoms with Crippen LogP contribution in [0.3, 0.4) is 0 Å². The summed E-state index contributed by atoms with van der Waals surface area (Å²) in [6.07, 6.45) is 1.53. The first-order valence-corrected chi connectivity index (χ1v) is 5.52. The van der Waals surface area contributed by atoms with Crippen molar-refractivity contribution in [1.82, 2.24) is 5.32 Å². The first-order chi connectivity index (χ1) is 7.31. The van der Waals surface area contributed by atoms with Crippen LogP contribution in [0.5, 0.6) is 0 Å². The van der Waals surface area contributed by atoms with Crippen LogP contribution in [0.1, 0.15) is 33.6 Å². The Labute approximate surface area is 96.4 Å². The largest absolute Gasteiger partial charge is 0.481 e. The van der Waals surface area contributed by atoms with Gasteiger partial charge >= 0.3 is 5.97 Å². The standard InChI is InChI=1S/C11H22N2O3/c1-8(5-4-6-12)9(14)13-7-11(2,3)10(15)16/h8H,4-7,12H2,1-3H3,(H,13,14)(H,15,16). The van der Waals surface area contributed by atoms with Gasteiger partial charge in [0.25, 0.3) is 0 Å². The smallest absolute Gasteiger partial charge is 0.310 e. The van der Waals surface area contributed by atoms with E-state index in [9.17, 15) is 9.59 Å². The first-order valence-electron chi connectivity index (χ1n) is 5.52. The summed E-state index contributed by atoms with van der Waals surface area (Å²) >= 11 is 0. The van der Waals surface area contributed by atoms with Gasteiger partial charge in [0, 0.05) is 12.5 Å². The summed E-state index contributed by atoms with van der Waals surface area (Å²) in [7, 11) is 0. The average molecular weight is 230 g/mol. The lowest BCUT2D eigenvalue weighted by molar-refractivity contribution is -0.146. The van der Waals surface area contributed by atoms with Crippen molar-refractivity contribution in [3.63, 3.8) is 0 Å². The molecule has 0 aliphatic heterocycles. The molecular weight excluding hydrogens is 208 g/mol. The minimum atomic E-state index is -0.927. The molecule has 0 aromatic rings. The van der Waals surface area contributed by atoms with E-state index in [0.29, 0.717) is 6.54 Å². The SMILES string of the molecule is CC(CCCN)C(=O)NCC(C)(C)C(=O)O. The Balaban J connectivity index is 4.02. The van der Waals surface area contributed by atoms with E-state index in [4.69, 9.17) is 10.8 Å². The maximum absolute atomic E-state index is 11.6. The monoisotopic (exact) mass is 230 g/mol. The zero-order valence-corrected chi connectivity index (χ0v) is 10.2. The molecule has 5 nitrogen and oxygen atoms in total. The van der Waals surface area contributed by atoms with E-state index in [1.54, 1.807) is 13.8 Å². The highest BCUT2D eigenvalue weighted by atomic mass is 16.4. The molecule has 0 aromatic heterocycles. The van der Waals surface area contributed by atoms with Crippen molar-refractivity contribution in [3.05, 3.63) is 0 Å². The van der Waals surface area contributed by atoms with Crippen molar-refractivity contribution in [2.24, 2.45) is 17.1 Å². The molecule has 1 atom stereocenters. The first kappa shape index (κ1) is 14.9. The van der Waals surface area contributed by atoms with Crippen molar-refractivity contribution in [3.8, 4) is 0 Å². The molecule has 0 heterocycles. The Hall–Kier alpha value is -1.10. The number of hydrogen-bond acceptors (Lipinski definition) is 3. The second kappa shape index (κ2) is 6.48. The Bertz CT molecular complexity index is 252. The summed E-state index contributed by atoms with van der Waals surface area (Å²) in [5.74, 6) is -1.14. The third kappa shape index (κ3) is 5.11. The fourth-order valence-electron chi connectivity index (χ4n) is 1.11. The molecule has 0 bridgehead atoms. The number of nitrogens with one attached hydrogen (secondary N) is 1.